The standard InChI is InChI=1S/C17H19N3O3/c1-11(2)20-10-8-14(19-20)15(21)18-17(16(22)23)9-7-12-5-3-4-6-13(12)17/h3-6,8,10-11H,7,9H2,1-2H3,(H,18,21)(H,22,23). The zero-order valence-electron chi connectivity index (χ0n) is 13.1. The molecule has 1 heterocycles. The van der Waals surface area contributed by atoms with E-state index in [0.717, 1.165) is 5.56 Å². The largest absolute Gasteiger partial charge is 0.479 e. The van der Waals surface area contributed by atoms with E-state index in [-0.39, 0.29) is 11.7 Å². The van der Waals surface area contributed by atoms with E-state index in [4.69, 9.17) is 0 Å². The highest BCUT2D eigenvalue weighted by atomic mass is 16.4. The summed E-state index contributed by atoms with van der Waals surface area (Å²) in [4.78, 5) is 24.4. The molecule has 0 saturated carbocycles. The van der Waals surface area contributed by atoms with Gasteiger partial charge in [0, 0.05) is 12.2 Å². The van der Waals surface area contributed by atoms with Gasteiger partial charge in [0.2, 0.25) is 0 Å². The number of carboxylic acids is 1. The number of aromatic nitrogens is 2. The van der Waals surface area contributed by atoms with Crippen LogP contribution in [-0.2, 0) is 16.8 Å². The van der Waals surface area contributed by atoms with E-state index in [9.17, 15) is 14.7 Å². The third kappa shape index (κ3) is 2.50. The molecule has 1 amide bonds. The van der Waals surface area contributed by atoms with Gasteiger partial charge in [-0.05, 0) is 43.9 Å². The van der Waals surface area contributed by atoms with E-state index >= 15 is 0 Å². The summed E-state index contributed by atoms with van der Waals surface area (Å²) >= 11 is 0. The van der Waals surface area contributed by atoms with Gasteiger partial charge >= 0.3 is 5.97 Å². The Morgan fingerprint density at radius 3 is 2.70 bits per heavy atom. The van der Waals surface area contributed by atoms with E-state index in [2.05, 4.69) is 10.4 Å². The first-order chi connectivity index (χ1) is 10.9. The fraction of sp³-hybridized carbons (Fsp3) is 0.353. The van der Waals surface area contributed by atoms with Crippen LogP contribution in [0.25, 0.3) is 0 Å². The van der Waals surface area contributed by atoms with Crippen LogP contribution in [0.3, 0.4) is 0 Å². The monoisotopic (exact) mass is 313 g/mol. The number of carbonyl (C=O) groups excluding carboxylic acids is 1. The highest BCUT2D eigenvalue weighted by Gasteiger charge is 2.47. The molecular formula is C17H19N3O3. The molecule has 0 saturated heterocycles. The molecule has 2 N–H and O–H groups in total. The molecule has 1 aromatic carbocycles. The zero-order chi connectivity index (χ0) is 16.6. The van der Waals surface area contributed by atoms with Crippen LogP contribution in [0.5, 0.6) is 0 Å². The minimum Gasteiger partial charge on any atom is -0.479 e. The van der Waals surface area contributed by atoms with Crippen molar-refractivity contribution in [2.45, 2.75) is 38.3 Å². The predicted octanol–water partition coefficient (Wildman–Crippen LogP) is 2.12. The molecule has 1 aliphatic carbocycles. The summed E-state index contributed by atoms with van der Waals surface area (Å²) in [6.45, 7) is 3.92. The van der Waals surface area contributed by atoms with Gasteiger partial charge in [0.15, 0.2) is 5.54 Å². The molecule has 0 spiro atoms. The minimum absolute atomic E-state index is 0.136. The molecule has 1 aliphatic rings. The molecule has 0 radical (unpaired) electrons. The van der Waals surface area contributed by atoms with Crippen molar-refractivity contribution in [3.05, 3.63) is 53.3 Å². The minimum atomic E-state index is -1.38. The third-order valence-corrected chi connectivity index (χ3v) is 4.31. The molecule has 6 heteroatoms. The highest BCUT2D eigenvalue weighted by molar-refractivity contribution is 5.97. The number of nitrogens with one attached hydrogen (secondary N) is 1. The van der Waals surface area contributed by atoms with Gasteiger partial charge in [-0.3, -0.25) is 9.48 Å². The lowest BCUT2D eigenvalue weighted by molar-refractivity contribution is -0.144. The number of rotatable bonds is 4. The van der Waals surface area contributed by atoms with Crippen LogP contribution in [0.4, 0.5) is 0 Å². The maximum Gasteiger partial charge on any atom is 0.334 e. The second-order valence-corrected chi connectivity index (χ2v) is 6.10. The smallest absolute Gasteiger partial charge is 0.334 e. The molecule has 120 valence electrons. The Kier molecular flexibility index (Phi) is 3.67. The van der Waals surface area contributed by atoms with E-state index in [1.807, 2.05) is 26.0 Å². The van der Waals surface area contributed by atoms with Gasteiger partial charge in [-0.15, -0.1) is 0 Å². The van der Waals surface area contributed by atoms with Crippen LogP contribution in [-0.4, -0.2) is 26.8 Å². The summed E-state index contributed by atoms with van der Waals surface area (Å²) in [6, 6.07) is 9.08. The topological polar surface area (TPSA) is 84.2 Å². The van der Waals surface area contributed by atoms with Crippen molar-refractivity contribution in [2.24, 2.45) is 0 Å². The molecule has 0 bridgehead atoms. The molecule has 0 fully saturated rings. The molecule has 1 aromatic heterocycles. The summed E-state index contributed by atoms with van der Waals surface area (Å²) in [6.07, 6.45) is 2.69. The SMILES string of the molecule is CC(C)n1ccc(C(=O)NC2(C(=O)O)CCc3ccccc32)n1. The highest BCUT2D eigenvalue weighted by Crippen LogP contribution is 2.37. The number of benzene rings is 1. The number of aliphatic carboxylic acids is 1. The first-order valence-corrected chi connectivity index (χ1v) is 7.63. The van der Waals surface area contributed by atoms with Crippen molar-refractivity contribution in [1.29, 1.82) is 0 Å². The Bertz CT molecular complexity index is 766. The summed E-state index contributed by atoms with van der Waals surface area (Å²) in [7, 11) is 0. The van der Waals surface area contributed by atoms with Crippen molar-refractivity contribution in [1.82, 2.24) is 15.1 Å². The fourth-order valence-electron chi connectivity index (χ4n) is 3.02. The van der Waals surface area contributed by atoms with Crippen molar-refractivity contribution in [3.63, 3.8) is 0 Å². The van der Waals surface area contributed by atoms with E-state index in [0.29, 0.717) is 18.4 Å². The van der Waals surface area contributed by atoms with E-state index in [1.165, 1.54) is 0 Å². The Hall–Kier alpha value is -2.63. The molecule has 6 nitrogen and oxygen atoms in total. The lowest BCUT2D eigenvalue weighted by Gasteiger charge is -2.26. The van der Waals surface area contributed by atoms with E-state index in [1.54, 1.807) is 29.1 Å². The molecule has 0 aliphatic heterocycles. The van der Waals surface area contributed by atoms with Crippen LogP contribution in [0.2, 0.25) is 0 Å². The van der Waals surface area contributed by atoms with Crippen molar-refractivity contribution < 1.29 is 14.7 Å². The van der Waals surface area contributed by atoms with Gasteiger partial charge in [-0.1, -0.05) is 24.3 Å². The van der Waals surface area contributed by atoms with Gasteiger partial charge in [0.25, 0.3) is 5.91 Å². The number of aryl methyl sites for hydroxylation is 1. The Labute approximate surface area is 134 Å². The van der Waals surface area contributed by atoms with Crippen molar-refractivity contribution >= 4 is 11.9 Å². The number of nitrogens with zero attached hydrogens (tertiary/aromatic N) is 2. The van der Waals surface area contributed by atoms with Gasteiger partial charge in [-0.2, -0.15) is 5.10 Å². The lowest BCUT2D eigenvalue weighted by Crippen LogP contribution is -2.50. The predicted molar refractivity (Wildman–Crippen MR) is 84.2 cm³/mol. The van der Waals surface area contributed by atoms with Crippen LogP contribution in [0, 0.1) is 0 Å². The van der Waals surface area contributed by atoms with Crippen LogP contribution < -0.4 is 5.32 Å². The molecule has 1 unspecified atom stereocenters. The van der Waals surface area contributed by atoms with Gasteiger partial charge in [-0.25, -0.2) is 4.79 Å². The summed E-state index contributed by atoms with van der Waals surface area (Å²) in [5.74, 6) is -1.51. The maximum atomic E-state index is 12.5. The fourth-order valence-corrected chi connectivity index (χ4v) is 3.02. The number of carbonyl (C=O) groups is 2. The third-order valence-electron chi connectivity index (χ3n) is 4.31. The number of carboxylic acid groups (broad SMARTS) is 1. The first-order valence-electron chi connectivity index (χ1n) is 7.63. The van der Waals surface area contributed by atoms with Crippen molar-refractivity contribution in [2.75, 3.05) is 0 Å². The number of hydrogen-bond acceptors (Lipinski definition) is 3. The second kappa shape index (κ2) is 5.53. The second-order valence-electron chi connectivity index (χ2n) is 6.10. The van der Waals surface area contributed by atoms with Crippen LogP contribution in [0.1, 0.15) is 47.9 Å². The quantitative estimate of drug-likeness (QED) is 0.905. The maximum absolute atomic E-state index is 12.5. The molecule has 23 heavy (non-hydrogen) atoms. The van der Waals surface area contributed by atoms with Crippen LogP contribution >= 0.6 is 0 Å². The molecule has 3 rings (SSSR count). The van der Waals surface area contributed by atoms with Crippen molar-refractivity contribution in [3.8, 4) is 0 Å². The normalized spacial score (nSPS) is 19.6. The van der Waals surface area contributed by atoms with Crippen LogP contribution in [0.15, 0.2) is 36.5 Å². The lowest BCUT2D eigenvalue weighted by atomic mass is 9.91. The summed E-state index contributed by atoms with van der Waals surface area (Å²) in [5.41, 5.74) is 0.464. The molecule has 1 atom stereocenters. The molecule has 2 aromatic rings. The number of amides is 1. The average Bonchev–Trinajstić information content (AvgIpc) is 3.13. The zero-order valence-corrected chi connectivity index (χ0v) is 13.1. The summed E-state index contributed by atoms with van der Waals surface area (Å²) in [5, 5.41) is 16.7. The van der Waals surface area contributed by atoms with Gasteiger partial charge in [0.1, 0.15) is 5.69 Å². The average molecular weight is 313 g/mol. The molecular weight excluding hydrogens is 294 g/mol. The Morgan fingerprint density at radius 1 is 1.30 bits per heavy atom. The Balaban J connectivity index is 1.92. The van der Waals surface area contributed by atoms with E-state index < -0.39 is 17.4 Å². The van der Waals surface area contributed by atoms with Gasteiger partial charge in [0.05, 0.1) is 0 Å². The first kappa shape index (κ1) is 15.3. The van der Waals surface area contributed by atoms with Gasteiger partial charge < -0.3 is 10.4 Å². The number of hydrogen-bond donors (Lipinski definition) is 2. The number of fused-ring (bicyclic) bond motifs is 1. The Morgan fingerprint density at radius 2 is 2.04 bits per heavy atom. The summed E-state index contributed by atoms with van der Waals surface area (Å²) < 4.78 is 1.67.